The van der Waals surface area contributed by atoms with Crippen molar-refractivity contribution in [2.24, 2.45) is 11.8 Å². The Morgan fingerprint density at radius 3 is 1.56 bits per heavy atom. The molecule has 0 bridgehead atoms. The van der Waals surface area contributed by atoms with Gasteiger partial charge in [-0.05, 0) is 37.5 Å². The van der Waals surface area contributed by atoms with Gasteiger partial charge in [0.1, 0.15) is 6.04 Å². The highest BCUT2D eigenvalue weighted by Crippen LogP contribution is 2.16. The van der Waals surface area contributed by atoms with Crippen molar-refractivity contribution >= 4 is 17.8 Å². The summed E-state index contributed by atoms with van der Waals surface area (Å²) in [5, 5.41) is 2.87. The van der Waals surface area contributed by atoms with Crippen LogP contribution in [0.2, 0.25) is 0 Å². The van der Waals surface area contributed by atoms with Gasteiger partial charge in [0.15, 0.2) is 0 Å². The van der Waals surface area contributed by atoms with Gasteiger partial charge >= 0.3 is 11.9 Å². The van der Waals surface area contributed by atoms with E-state index >= 15 is 0 Å². The Hall–Kier alpha value is -1.59. The summed E-state index contributed by atoms with van der Waals surface area (Å²) in [6.45, 7) is 11.6. The van der Waals surface area contributed by atoms with Gasteiger partial charge in [-0.3, -0.25) is 9.59 Å². The van der Waals surface area contributed by atoms with Crippen LogP contribution in [0.5, 0.6) is 0 Å². The van der Waals surface area contributed by atoms with Gasteiger partial charge < -0.3 is 14.8 Å². The molecule has 230 valence electrons. The molecule has 0 saturated heterocycles. The molecule has 0 aliphatic rings. The minimum absolute atomic E-state index is 0.0926. The molecule has 6 nitrogen and oxygen atoms in total. The number of carbonyl (C=O) groups excluding carboxylic acids is 3. The molecular formula is C33H63NO5. The summed E-state index contributed by atoms with van der Waals surface area (Å²) in [6, 6.07) is -0.811. The number of ether oxygens (including phenoxy) is 2. The number of amides is 1. The summed E-state index contributed by atoms with van der Waals surface area (Å²) in [7, 11) is 0. The molecule has 0 fully saturated rings. The zero-order valence-corrected chi connectivity index (χ0v) is 26.3. The van der Waals surface area contributed by atoms with Crippen LogP contribution in [-0.4, -0.2) is 37.1 Å². The summed E-state index contributed by atoms with van der Waals surface area (Å²) < 4.78 is 11.2. The maximum Gasteiger partial charge on any atom is 0.328 e. The molecule has 1 amide bonds. The molecular weight excluding hydrogens is 490 g/mol. The van der Waals surface area contributed by atoms with Gasteiger partial charge in [0.25, 0.3) is 0 Å². The highest BCUT2D eigenvalue weighted by atomic mass is 16.5. The molecule has 0 rings (SSSR count). The van der Waals surface area contributed by atoms with Gasteiger partial charge in [0.2, 0.25) is 5.91 Å². The molecule has 0 aliphatic heterocycles. The predicted molar refractivity (Wildman–Crippen MR) is 162 cm³/mol. The number of hydrogen-bond acceptors (Lipinski definition) is 5. The van der Waals surface area contributed by atoms with Crippen LogP contribution in [0.25, 0.3) is 0 Å². The lowest BCUT2D eigenvalue weighted by Crippen LogP contribution is -2.42. The number of rotatable bonds is 27. The third-order valence-electron chi connectivity index (χ3n) is 7.79. The van der Waals surface area contributed by atoms with Crippen LogP contribution < -0.4 is 5.32 Å². The molecule has 39 heavy (non-hydrogen) atoms. The van der Waals surface area contributed by atoms with Crippen molar-refractivity contribution in [3.8, 4) is 0 Å². The zero-order chi connectivity index (χ0) is 29.1. The minimum atomic E-state index is -0.811. The van der Waals surface area contributed by atoms with Crippen molar-refractivity contribution in [1.82, 2.24) is 5.32 Å². The fourth-order valence-corrected chi connectivity index (χ4v) is 4.75. The van der Waals surface area contributed by atoms with Crippen LogP contribution in [0.15, 0.2) is 0 Å². The molecule has 6 heteroatoms. The standard InChI is InChI=1S/C33H63NO5/c1-6-11-14-15-16-17-18-19-20-23-31(35)34-30(33(37)39-27-29(10-5)22-13-8-3)24-25-32(36)38-26-28(9-4)21-12-7-2/h28-30H,6-27H2,1-5H3,(H,34,35). The first-order valence-corrected chi connectivity index (χ1v) is 16.5. The van der Waals surface area contributed by atoms with Gasteiger partial charge in [0.05, 0.1) is 13.2 Å². The first-order valence-electron chi connectivity index (χ1n) is 16.5. The summed E-state index contributed by atoms with van der Waals surface area (Å²) in [4.78, 5) is 38.1. The summed E-state index contributed by atoms with van der Waals surface area (Å²) in [5.41, 5.74) is 0. The van der Waals surface area contributed by atoms with Crippen molar-refractivity contribution in [3.63, 3.8) is 0 Å². The average molecular weight is 554 g/mol. The largest absolute Gasteiger partial charge is 0.465 e. The molecule has 0 radical (unpaired) electrons. The van der Waals surface area contributed by atoms with Crippen LogP contribution in [-0.2, 0) is 23.9 Å². The van der Waals surface area contributed by atoms with E-state index in [4.69, 9.17) is 9.47 Å². The molecule has 0 aromatic carbocycles. The Morgan fingerprint density at radius 2 is 1.05 bits per heavy atom. The first kappa shape index (κ1) is 37.4. The second-order valence-corrected chi connectivity index (χ2v) is 11.4. The Kier molecular flexibility index (Phi) is 25.5. The number of nitrogens with one attached hydrogen (secondary N) is 1. The highest BCUT2D eigenvalue weighted by molar-refractivity contribution is 5.85. The van der Waals surface area contributed by atoms with Crippen LogP contribution in [0.3, 0.4) is 0 Å². The first-order chi connectivity index (χ1) is 18.9. The molecule has 0 heterocycles. The van der Waals surface area contributed by atoms with Crippen LogP contribution in [0.1, 0.15) is 163 Å². The molecule has 3 unspecified atom stereocenters. The van der Waals surface area contributed by atoms with Gasteiger partial charge in [-0.25, -0.2) is 4.79 Å². The Morgan fingerprint density at radius 1 is 0.564 bits per heavy atom. The topological polar surface area (TPSA) is 81.7 Å². The molecule has 3 atom stereocenters. The van der Waals surface area contributed by atoms with E-state index in [9.17, 15) is 14.4 Å². The van der Waals surface area contributed by atoms with Crippen molar-refractivity contribution in [2.45, 2.75) is 169 Å². The predicted octanol–water partition coefficient (Wildman–Crippen LogP) is 8.69. The minimum Gasteiger partial charge on any atom is -0.465 e. The van der Waals surface area contributed by atoms with E-state index in [1.165, 1.54) is 38.5 Å². The van der Waals surface area contributed by atoms with Crippen molar-refractivity contribution < 1.29 is 23.9 Å². The van der Waals surface area contributed by atoms with E-state index in [2.05, 4.69) is 39.9 Å². The molecule has 0 saturated carbocycles. The van der Waals surface area contributed by atoms with Gasteiger partial charge in [-0.15, -0.1) is 0 Å². The third kappa shape index (κ3) is 21.9. The fraction of sp³-hybridized carbons (Fsp3) is 0.909. The molecule has 0 aliphatic carbocycles. The van der Waals surface area contributed by atoms with E-state index < -0.39 is 12.0 Å². The van der Waals surface area contributed by atoms with Crippen LogP contribution >= 0.6 is 0 Å². The summed E-state index contributed by atoms with van der Waals surface area (Å²) in [5.74, 6) is -0.194. The quantitative estimate of drug-likeness (QED) is 0.0812. The Balaban J connectivity index is 4.70. The van der Waals surface area contributed by atoms with Gasteiger partial charge in [-0.2, -0.15) is 0 Å². The van der Waals surface area contributed by atoms with Crippen molar-refractivity contribution in [1.29, 1.82) is 0 Å². The van der Waals surface area contributed by atoms with Crippen LogP contribution in [0, 0.1) is 11.8 Å². The van der Waals surface area contributed by atoms with Crippen LogP contribution in [0.4, 0.5) is 0 Å². The second kappa shape index (κ2) is 26.6. The van der Waals surface area contributed by atoms with E-state index in [-0.39, 0.29) is 24.7 Å². The zero-order valence-electron chi connectivity index (χ0n) is 26.3. The number of carbonyl (C=O) groups is 3. The lowest BCUT2D eigenvalue weighted by atomic mass is 10.0. The van der Waals surface area contributed by atoms with E-state index in [1.54, 1.807) is 0 Å². The Labute approximate surface area is 241 Å². The molecule has 0 spiro atoms. The Bertz CT molecular complexity index is 609. The van der Waals surface area contributed by atoms with E-state index in [0.29, 0.717) is 31.5 Å². The smallest absolute Gasteiger partial charge is 0.328 e. The maximum atomic E-state index is 13.0. The SMILES string of the molecule is CCCCCCCCCCCC(=O)NC(CCC(=O)OCC(CC)CCCC)C(=O)OCC(CC)CCCC. The number of hydrogen-bond donors (Lipinski definition) is 1. The van der Waals surface area contributed by atoms with Gasteiger partial charge in [-0.1, -0.05) is 125 Å². The van der Waals surface area contributed by atoms with Crippen molar-refractivity contribution in [2.75, 3.05) is 13.2 Å². The van der Waals surface area contributed by atoms with Gasteiger partial charge in [0, 0.05) is 12.8 Å². The summed E-state index contributed by atoms with van der Waals surface area (Å²) >= 11 is 0. The monoisotopic (exact) mass is 553 g/mol. The maximum absolute atomic E-state index is 13.0. The van der Waals surface area contributed by atoms with Crippen molar-refractivity contribution in [3.05, 3.63) is 0 Å². The fourth-order valence-electron chi connectivity index (χ4n) is 4.75. The summed E-state index contributed by atoms with van der Waals surface area (Å²) in [6.07, 6.45) is 19.9. The highest BCUT2D eigenvalue weighted by Gasteiger charge is 2.24. The lowest BCUT2D eigenvalue weighted by molar-refractivity contribution is -0.150. The van der Waals surface area contributed by atoms with E-state index in [1.807, 2.05) is 0 Å². The second-order valence-electron chi connectivity index (χ2n) is 11.4. The average Bonchev–Trinajstić information content (AvgIpc) is 2.94. The molecule has 0 aromatic rings. The number of unbranched alkanes of at least 4 members (excludes halogenated alkanes) is 10. The number of esters is 2. The van der Waals surface area contributed by atoms with E-state index in [0.717, 1.165) is 70.6 Å². The third-order valence-corrected chi connectivity index (χ3v) is 7.79. The molecule has 0 aromatic heterocycles. The normalized spacial score (nSPS) is 13.5. The lowest BCUT2D eigenvalue weighted by Gasteiger charge is -2.20. The molecule has 1 N–H and O–H groups in total.